The number of rotatable bonds is 6. The van der Waals surface area contributed by atoms with Gasteiger partial charge < -0.3 is 25.0 Å². The molecule has 2 N–H and O–H groups in total. The van der Waals surface area contributed by atoms with E-state index in [-0.39, 0.29) is 34.5 Å². The summed E-state index contributed by atoms with van der Waals surface area (Å²) in [5.41, 5.74) is -1.23. The van der Waals surface area contributed by atoms with E-state index in [4.69, 9.17) is 4.74 Å². The highest BCUT2D eigenvalue weighted by molar-refractivity contribution is 5.99. The van der Waals surface area contributed by atoms with Crippen molar-refractivity contribution in [1.82, 2.24) is 25.3 Å². The van der Waals surface area contributed by atoms with E-state index in [0.717, 1.165) is 61.8 Å². The van der Waals surface area contributed by atoms with Crippen molar-refractivity contribution >= 4 is 29.5 Å². The van der Waals surface area contributed by atoms with Crippen molar-refractivity contribution in [3.05, 3.63) is 65.2 Å². The molecule has 1 amide bonds. The number of benzene rings is 1. The van der Waals surface area contributed by atoms with Crippen LogP contribution >= 0.6 is 0 Å². The molecular formula is C39H42F3N7O4. The Hall–Kier alpha value is -4.33. The van der Waals surface area contributed by atoms with Gasteiger partial charge in [-0.15, -0.1) is 0 Å². The number of aliphatic carboxylic acids is 1. The van der Waals surface area contributed by atoms with Crippen LogP contribution in [0.15, 0.2) is 42.9 Å². The van der Waals surface area contributed by atoms with Gasteiger partial charge in [-0.25, -0.2) is 24.7 Å². The highest BCUT2D eigenvalue weighted by atomic mass is 19.4. The van der Waals surface area contributed by atoms with Crippen molar-refractivity contribution in [2.75, 3.05) is 42.6 Å². The molecule has 278 valence electrons. The van der Waals surface area contributed by atoms with Crippen molar-refractivity contribution in [2.24, 2.45) is 29.1 Å². The first kappa shape index (κ1) is 33.3. The molecule has 2 spiro atoms. The first-order valence-electron chi connectivity index (χ1n) is 19.0. The monoisotopic (exact) mass is 729 g/mol. The molecule has 1 aromatic carbocycles. The molecule has 4 aliphatic carbocycles. The summed E-state index contributed by atoms with van der Waals surface area (Å²) in [5, 5.41) is 13.3. The lowest BCUT2D eigenvalue weighted by molar-refractivity contribution is -0.153. The third-order valence-corrected chi connectivity index (χ3v) is 14.5. The third-order valence-electron chi connectivity index (χ3n) is 14.5. The Morgan fingerprint density at radius 2 is 1.79 bits per heavy atom. The quantitative estimate of drug-likeness (QED) is 0.317. The van der Waals surface area contributed by atoms with Crippen LogP contribution in [0.1, 0.15) is 90.9 Å². The van der Waals surface area contributed by atoms with Gasteiger partial charge in [0.1, 0.15) is 5.54 Å². The Bertz CT molecular complexity index is 1990. The fraction of sp³-hybridized carbons (Fsp3) is 0.590. The third kappa shape index (κ3) is 4.82. The SMILES string of the molecule is O=C(NC1(C(=O)O)C2CC3CC4CC1C4(C3)C2)c1cnc(N2CC3(CCOCC3)c3cc(C4CCCN(c5ncccn5)C4)ccc32)nc1C(F)(F)F. The van der Waals surface area contributed by atoms with Crippen LogP contribution < -0.4 is 15.1 Å². The number of nitrogens with one attached hydrogen (secondary N) is 1. The number of hydrogen-bond donors (Lipinski definition) is 2. The van der Waals surface area contributed by atoms with Gasteiger partial charge in [0.25, 0.3) is 5.91 Å². The maximum atomic E-state index is 14.9. The van der Waals surface area contributed by atoms with E-state index in [1.54, 1.807) is 23.4 Å². The predicted octanol–water partition coefficient (Wildman–Crippen LogP) is 5.88. The van der Waals surface area contributed by atoms with Gasteiger partial charge in [0, 0.05) is 68.5 Å². The van der Waals surface area contributed by atoms with Gasteiger partial charge >= 0.3 is 12.1 Å². The number of carboxylic acid groups (broad SMARTS) is 1. The van der Waals surface area contributed by atoms with Gasteiger partial charge in [0.05, 0.1) is 5.56 Å². The van der Waals surface area contributed by atoms with E-state index in [1.807, 2.05) is 6.07 Å². The van der Waals surface area contributed by atoms with Crippen molar-refractivity contribution < 1.29 is 32.6 Å². The molecule has 3 aliphatic heterocycles. The van der Waals surface area contributed by atoms with Crippen molar-refractivity contribution in [1.29, 1.82) is 0 Å². The van der Waals surface area contributed by atoms with Crippen LogP contribution in [-0.2, 0) is 21.1 Å². The number of alkyl halides is 3. The lowest BCUT2D eigenvalue weighted by Gasteiger charge is -2.53. The molecular weight excluding hydrogens is 687 g/mol. The molecule has 14 heteroatoms. The smallest absolute Gasteiger partial charge is 0.434 e. The number of fused-ring (bicyclic) bond motifs is 4. The van der Waals surface area contributed by atoms with Gasteiger partial charge in [0.2, 0.25) is 11.9 Å². The molecule has 3 aromatic rings. The predicted molar refractivity (Wildman–Crippen MR) is 186 cm³/mol. The number of hydrogen-bond acceptors (Lipinski definition) is 9. The fourth-order valence-electron chi connectivity index (χ4n) is 12.2. The molecule has 7 aliphatic rings. The summed E-state index contributed by atoms with van der Waals surface area (Å²) in [4.78, 5) is 48.3. The summed E-state index contributed by atoms with van der Waals surface area (Å²) in [6.45, 7) is 3.07. The molecule has 10 rings (SSSR count). The molecule has 4 saturated carbocycles. The molecule has 53 heavy (non-hydrogen) atoms. The second kappa shape index (κ2) is 11.6. The number of nitrogens with zero attached hydrogens (tertiary/aromatic N) is 6. The first-order valence-corrected chi connectivity index (χ1v) is 19.0. The second-order valence-corrected chi connectivity index (χ2v) is 16.8. The van der Waals surface area contributed by atoms with E-state index < -0.39 is 34.8 Å². The molecule has 11 nitrogen and oxygen atoms in total. The maximum absolute atomic E-state index is 14.9. The Morgan fingerprint density at radius 1 is 1.00 bits per heavy atom. The molecule has 5 heterocycles. The van der Waals surface area contributed by atoms with E-state index in [1.165, 1.54) is 0 Å². The minimum absolute atomic E-state index is 0.123. The van der Waals surface area contributed by atoms with Gasteiger partial charge in [-0.1, -0.05) is 12.1 Å². The number of anilines is 3. The number of carbonyl (C=O) groups excluding carboxylic acids is 1. The van der Waals surface area contributed by atoms with Crippen LogP contribution in [-0.4, -0.2) is 75.3 Å². The van der Waals surface area contributed by atoms with Crippen LogP contribution in [0.4, 0.5) is 30.8 Å². The summed E-state index contributed by atoms with van der Waals surface area (Å²) in [6, 6.07) is 8.04. The van der Waals surface area contributed by atoms with Gasteiger partial charge in [-0.05, 0) is 110 Å². The van der Waals surface area contributed by atoms with Gasteiger partial charge in [-0.3, -0.25) is 4.79 Å². The topological polar surface area (TPSA) is 134 Å². The van der Waals surface area contributed by atoms with Crippen LogP contribution in [0, 0.1) is 29.1 Å². The number of ether oxygens (including phenoxy) is 1. The zero-order chi connectivity index (χ0) is 36.3. The van der Waals surface area contributed by atoms with Crippen molar-refractivity contribution in [3.8, 4) is 0 Å². The molecule has 0 radical (unpaired) electrons. The summed E-state index contributed by atoms with van der Waals surface area (Å²) < 4.78 is 50.4. The minimum atomic E-state index is -4.98. The standard InChI is InChI=1S/C39H42F3N7O4/c40-39(41,42)31-27(32(50)47-38(33(51)52)26-14-22-13-25-16-30(38)37(25,17-22)18-26)19-45-35(46-31)49-21-36(6-11-53-12-7-36)28-15-23(4-5-29(28)49)24-3-1-10-48(20-24)34-43-8-2-9-44-34/h2,4-5,8-9,15,19,22,24-26,30H,1,3,6-7,10-14,16-18,20-21H2,(H,47,50)(H,51,52). The molecule has 2 saturated heterocycles. The lowest BCUT2D eigenvalue weighted by atomic mass is 9.53. The zero-order valence-electron chi connectivity index (χ0n) is 29.3. The number of aromatic nitrogens is 4. The highest BCUT2D eigenvalue weighted by Crippen LogP contribution is 2.78. The number of piperidine rings is 1. The Morgan fingerprint density at radius 3 is 2.57 bits per heavy atom. The van der Waals surface area contributed by atoms with E-state index in [9.17, 15) is 27.9 Å². The molecule has 3 bridgehead atoms. The highest BCUT2D eigenvalue weighted by Gasteiger charge is 2.78. The van der Waals surface area contributed by atoms with Crippen molar-refractivity contribution in [2.45, 2.75) is 80.8 Å². The number of halogens is 3. The number of carboxylic acids is 1. The van der Waals surface area contributed by atoms with Crippen LogP contribution in [0.2, 0.25) is 0 Å². The average molecular weight is 730 g/mol. The van der Waals surface area contributed by atoms with Crippen LogP contribution in [0.3, 0.4) is 0 Å². The largest absolute Gasteiger partial charge is 0.479 e. The molecule has 2 aromatic heterocycles. The van der Waals surface area contributed by atoms with Crippen LogP contribution in [0.25, 0.3) is 0 Å². The van der Waals surface area contributed by atoms with E-state index in [2.05, 4.69) is 42.3 Å². The second-order valence-electron chi connectivity index (χ2n) is 16.8. The Balaban J connectivity index is 0.977. The Kier molecular flexibility index (Phi) is 7.27. The average Bonchev–Trinajstić information content (AvgIpc) is 3.63. The summed E-state index contributed by atoms with van der Waals surface area (Å²) >= 11 is 0. The first-order chi connectivity index (χ1) is 25.5. The van der Waals surface area contributed by atoms with Crippen molar-refractivity contribution in [3.63, 3.8) is 0 Å². The maximum Gasteiger partial charge on any atom is 0.434 e. The van der Waals surface area contributed by atoms with E-state index in [0.29, 0.717) is 69.6 Å². The summed E-state index contributed by atoms with van der Waals surface area (Å²) in [7, 11) is 0. The number of carbonyl (C=O) groups is 2. The van der Waals surface area contributed by atoms with Crippen LogP contribution in [0.5, 0.6) is 0 Å². The molecule has 6 fully saturated rings. The Labute approximate surface area is 304 Å². The minimum Gasteiger partial charge on any atom is -0.479 e. The summed E-state index contributed by atoms with van der Waals surface area (Å²) in [6.07, 6.45) is 6.92. The fourth-order valence-corrected chi connectivity index (χ4v) is 12.2. The normalized spacial score (nSPS) is 33.5. The van der Waals surface area contributed by atoms with Gasteiger partial charge in [0.15, 0.2) is 5.69 Å². The van der Waals surface area contributed by atoms with Gasteiger partial charge in [-0.2, -0.15) is 13.2 Å². The lowest BCUT2D eigenvalue weighted by Crippen LogP contribution is -2.65. The zero-order valence-corrected chi connectivity index (χ0v) is 29.3. The summed E-state index contributed by atoms with van der Waals surface area (Å²) in [5.74, 6) is -1.18. The van der Waals surface area contributed by atoms with E-state index >= 15 is 0 Å². The number of amides is 1. The molecule has 7 atom stereocenters. The molecule has 7 unspecified atom stereocenters.